The molecular weight excluding hydrogens is 206 g/mol. The average Bonchev–Trinajstić information content (AvgIpc) is 2.17. The Hall–Kier alpha value is -0.920. The van der Waals surface area contributed by atoms with E-state index in [-0.39, 0.29) is 5.82 Å². The fourth-order valence-corrected chi connectivity index (χ4v) is 2.01. The normalized spacial score (nSPS) is 15.9. The van der Waals surface area contributed by atoms with Crippen molar-refractivity contribution >= 4 is 0 Å². The van der Waals surface area contributed by atoms with Gasteiger partial charge in [-0.1, -0.05) is 46.2 Å². The van der Waals surface area contributed by atoms with Crippen LogP contribution in [-0.4, -0.2) is 0 Å². The van der Waals surface area contributed by atoms with Crippen molar-refractivity contribution in [1.29, 1.82) is 0 Å². The molecule has 1 unspecified atom stereocenters. The molecule has 0 amide bonds. The molecule has 0 radical (unpaired) electrons. The van der Waals surface area contributed by atoms with Gasteiger partial charge in [0.05, 0.1) is 0 Å². The van der Waals surface area contributed by atoms with Crippen LogP contribution in [0.2, 0.25) is 0 Å². The van der Waals surface area contributed by atoms with Crippen LogP contribution in [0, 0.1) is 11.2 Å². The van der Waals surface area contributed by atoms with Crippen molar-refractivity contribution in [3.63, 3.8) is 0 Å². The molecule has 0 fully saturated rings. The highest BCUT2D eigenvalue weighted by Gasteiger charge is 2.42. The molecule has 0 aliphatic heterocycles. The quantitative estimate of drug-likeness (QED) is 0.692. The molecule has 0 aliphatic rings. The van der Waals surface area contributed by atoms with Gasteiger partial charge >= 0.3 is 0 Å². The van der Waals surface area contributed by atoms with Gasteiger partial charge < -0.3 is 0 Å². The largest absolute Gasteiger partial charge is 0.238 e. The van der Waals surface area contributed by atoms with E-state index in [0.717, 1.165) is 6.42 Å². The Morgan fingerprint density at radius 1 is 1.06 bits per heavy atom. The molecule has 0 aliphatic carbocycles. The summed E-state index contributed by atoms with van der Waals surface area (Å²) in [5, 5.41) is 0. The minimum atomic E-state index is -1.39. The molecule has 1 atom stereocenters. The Morgan fingerprint density at radius 3 is 1.94 bits per heavy atom. The van der Waals surface area contributed by atoms with Crippen molar-refractivity contribution in [2.75, 3.05) is 0 Å². The summed E-state index contributed by atoms with van der Waals surface area (Å²) < 4.78 is 27.9. The van der Waals surface area contributed by atoms with Crippen LogP contribution in [0.15, 0.2) is 24.3 Å². The lowest BCUT2D eigenvalue weighted by Gasteiger charge is -2.38. The molecule has 0 heterocycles. The highest BCUT2D eigenvalue weighted by molar-refractivity contribution is 5.25. The number of rotatable bonds is 3. The lowest BCUT2D eigenvalue weighted by atomic mass is 9.71. The van der Waals surface area contributed by atoms with E-state index in [9.17, 15) is 4.39 Å². The van der Waals surface area contributed by atoms with Gasteiger partial charge in [0.1, 0.15) is 11.5 Å². The predicted octanol–water partition coefficient (Wildman–Crippen LogP) is 4.84. The lowest BCUT2D eigenvalue weighted by molar-refractivity contribution is 0.0152. The zero-order valence-electron chi connectivity index (χ0n) is 10.5. The monoisotopic (exact) mass is 226 g/mol. The first-order valence-electron chi connectivity index (χ1n) is 5.76. The highest BCUT2D eigenvalue weighted by atomic mass is 19.1. The maximum absolute atomic E-state index is 15.0. The molecule has 90 valence electrons. The number of hydrogen-bond acceptors (Lipinski definition) is 0. The van der Waals surface area contributed by atoms with Crippen molar-refractivity contribution in [3.8, 4) is 0 Å². The molecule has 1 rings (SSSR count). The summed E-state index contributed by atoms with van der Waals surface area (Å²) in [5.41, 5.74) is -1.31. The van der Waals surface area contributed by atoms with E-state index in [4.69, 9.17) is 0 Å². The van der Waals surface area contributed by atoms with Gasteiger partial charge in [-0.2, -0.15) is 0 Å². The minimum absolute atomic E-state index is 0.323. The molecule has 0 N–H and O–H groups in total. The molecular formula is C14H20F2. The highest BCUT2D eigenvalue weighted by Crippen LogP contribution is 2.46. The van der Waals surface area contributed by atoms with Crippen LogP contribution in [0.3, 0.4) is 0 Å². The number of alkyl halides is 1. The summed E-state index contributed by atoms with van der Waals surface area (Å²) in [4.78, 5) is 0. The number of hydrogen-bond donors (Lipinski definition) is 0. The Balaban J connectivity index is 3.16. The first kappa shape index (κ1) is 13.1. The van der Waals surface area contributed by atoms with Crippen LogP contribution >= 0.6 is 0 Å². The van der Waals surface area contributed by atoms with Crippen molar-refractivity contribution in [2.24, 2.45) is 5.41 Å². The van der Waals surface area contributed by atoms with Gasteiger partial charge in [0.2, 0.25) is 0 Å². The van der Waals surface area contributed by atoms with E-state index in [1.165, 1.54) is 12.1 Å². The van der Waals surface area contributed by atoms with E-state index in [0.29, 0.717) is 12.0 Å². The van der Waals surface area contributed by atoms with Crippen molar-refractivity contribution in [2.45, 2.75) is 46.2 Å². The van der Waals surface area contributed by atoms with E-state index >= 15 is 4.39 Å². The van der Waals surface area contributed by atoms with Crippen LogP contribution in [0.4, 0.5) is 8.78 Å². The van der Waals surface area contributed by atoms with E-state index in [2.05, 4.69) is 0 Å². The summed E-state index contributed by atoms with van der Waals surface area (Å²) in [6.45, 7) is 7.60. The summed E-state index contributed by atoms with van der Waals surface area (Å²) >= 11 is 0. The molecule has 1 aromatic carbocycles. The van der Waals surface area contributed by atoms with Crippen molar-refractivity contribution < 1.29 is 8.78 Å². The molecule has 0 aromatic heterocycles. The van der Waals surface area contributed by atoms with E-state index in [1.807, 2.05) is 27.7 Å². The number of benzene rings is 1. The smallest absolute Gasteiger partial charge is 0.140 e. The van der Waals surface area contributed by atoms with Gasteiger partial charge in [0.25, 0.3) is 0 Å². The zero-order valence-corrected chi connectivity index (χ0v) is 10.5. The molecule has 16 heavy (non-hydrogen) atoms. The summed E-state index contributed by atoms with van der Waals surface area (Å²) in [7, 11) is 0. The van der Waals surface area contributed by atoms with Gasteiger partial charge in [-0.05, 0) is 24.1 Å². The summed E-state index contributed by atoms with van der Waals surface area (Å²) in [5.74, 6) is -0.323. The van der Waals surface area contributed by atoms with Crippen LogP contribution in [0.5, 0.6) is 0 Å². The third-order valence-electron chi connectivity index (χ3n) is 3.09. The molecule has 0 saturated heterocycles. The fraction of sp³-hybridized carbons (Fsp3) is 0.571. The summed E-state index contributed by atoms with van der Waals surface area (Å²) in [6, 6.07) is 5.75. The van der Waals surface area contributed by atoms with Gasteiger partial charge in [-0.25, -0.2) is 8.78 Å². The van der Waals surface area contributed by atoms with Crippen LogP contribution in [-0.2, 0) is 5.67 Å². The average molecular weight is 226 g/mol. The Kier molecular flexibility index (Phi) is 3.72. The van der Waals surface area contributed by atoms with Gasteiger partial charge in [0.15, 0.2) is 0 Å². The third-order valence-corrected chi connectivity index (χ3v) is 3.09. The molecule has 0 saturated carbocycles. The van der Waals surface area contributed by atoms with Crippen LogP contribution in [0.1, 0.15) is 46.1 Å². The van der Waals surface area contributed by atoms with Gasteiger partial charge in [-0.3, -0.25) is 0 Å². The fourth-order valence-electron chi connectivity index (χ4n) is 2.01. The maximum Gasteiger partial charge on any atom is 0.140 e. The molecule has 0 bridgehead atoms. The molecule has 2 heteroatoms. The first-order valence-corrected chi connectivity index (χ1v) is 5.76. The second kappa shape index (κ2) is 4.52. The van der Waals surface area contributed by atoms with Gasteiger partial charge in [0, 0.05) is 5.41 Å². The lowest BCUT2D eigenvalue weighted by Crippen LogP contribution is -2.35. The molecule has 0 nitrogen and oxygen atoms in total. The molecule has 1 aromatic rings. The Morgan fingerprint density at radius 2 is 1.56 bits per heavy atom. The predicted molar refractivity (Wildman–Crippen MR) is 63.5 cm³/mol. The van der Waals surface area contributed by atoms with Crippen LogP contribution < -0.4 is 0 Å². The third kappa shape index (κ3) is 2.42. The first-order chi connectivity index (χ1) is 7.31. The van der Waals surface area contributed by atoms with Crippen LogP contribution in [0.25, 0.3) is 0 Å². The molecule has 0 spiro atoms. The van der Waals surface area contributed by atoms with Gasteiger partial charge in [-0.15, -0.1) is 0 Å². The summed E-state index contributed by atoms with van der Waals surface area (Å²) in [6.07, 6.45) is 1.23. The zero-order chi connectivity index (χ0) is 12.4. The standard InChI is InChI=1S/C14H20F2/c1-5-10-14(16,13(2,3)4)11-6-8-12(15)9-7-11/h6-9H,5,10H2,1-4H3. The Bertz CT molecular complexity index is 335. The SMILES string of the molecule is CCCC(F)(c1ccc(F)cc1)C(C)(C)C. The maximum atomic E-state index is 15.0. The Labute approximate surface area is 96.7 Å². The second-order valence-electron chi connectivity index (χ2n) is 5.31. The van der Waals surface area contributed by atoms with Crippen molar-refractivity contribution in [1.82, 2.24) is 0 Å². The number of halogens is 2. The van der Waals surface area contributed by atoms with E-state index < -0.39 is 11.1 Å². The topological polar surface area (TPSA) is 0 Å². The van der Waals surface area contributed by atoms with Crippen molar-refractivity contribution in [3.05, 3.63) is 35.6 Å². The van der Waals surface area contributed by atoms with E-state index in [1.54, 1.807) is 12.1 Å². The minimum Gasteiger partial charge on any atom is -0.238 e. The second-order valence-corrected chi connectivity index (χ2v) is 5.31.